The number of aryl methyl sites for hydroxylation is 3. The average Bonchev–Trinajstić information content (AvgIpc) is 3.74. The van der Waals surface area contributed by atoms with Gasteiger partial charge in [0, 0.05) is 42.8 Å². The SMILES string of the molecule is Cc1ccc(-c2[c-]cccc2)nc1.Cc1cccc(C)c1-n1c(-c2[c-]ccc3c2oc2c3ccc3ccc4ccccc4c32)nc2ccccc21.[Ir]. The van der Waals surface area contributed by atoms with Gasteiger partial charge in [-0.15, -0.1) is 54.1 Å². The minimum Gasteiger partial charge on any atom is -0.500 e. The summed E-state index contributed by atoms with van der Waals surface area (Å²) >= 11 is 0. The molecule has 0 bridgehead atoms. The van der Waals surface area contributed by atoms with Crippen LogP contribution in [0.25, 0.3) is 82.8 Å². The van der Waals surface area contributed by atoms with Gasteiger partial charge in [-0.25, -0.2) is 0 Å². The summed E-state index contributed by atoms with van der Waals surface area (Å²) in [6.45, 7) is 6.35. The zero-order valence-corrected chi connectivity index (χ0v) is 31.3. The third-order valence-corrected chi connectivity index (χ3v) is 9.65. The molecule has 0 spiro atoms. The van der Waals surface area contributed by atoms with Crippen molar-refractivity contribution >= 4 is 54.5 Å². The Bertz CT molecular complexity index is 2870. The van der Waals surface area contributed by atoms with E-state index in [4.69, 9.17) is 9.40 Å². The van der Waals surface area contributed by atoms with E-state index in [1.807, 2.05) is 55.6 Å². The largest absolute Gasteiger partial charge is 0.500 e. The number of aromatic nitrogens is 3. The summed E-state index contributed by atoms with van der Waals surface area (Å²) in [5, 5.41) is 6.90. The van der Waals surface area contributed by atoms with E-state index in [2.05, 4.69) is 133 Å². The van der Waals surface area contributed by atoms with Crippen LogP contribution in [-0.4, -0.2) is 14.5 Å². The molecule has 253 valence electrons. The maximum absolute atomic E-state index is 6.82. The molecule has 10 rings (SSSR count). The van der Waals surface area contributed by atoms with E-state index >= 15 is 0 Å². The second-order valence-electron chi connectivity index (χ2n) is 13.0. The Labute approximate surface area is 315 Å². The number of rotatable bonds is 3. The summed E-state index contributed by atoms with van der Waals surface area (Å²) in [5.74, 6) is 0.836. The van der Waals surface area contributed by atoms with Gasteiger partial charge in [-0.3, -0.25) is 4.98 Å². The van der Waals surface area contributed by atoms with Crippen LogP contribution in [0.1, 0.15) is 16.7 Å². The van der Waals surface area contributed by atoms with Gasteiger partial charge in [-0.05, 0) is 71.4 Å². The summed E-state index contributed by atoms with van der Waals surface area (Å²) in [6, 6.07) is 54.7. The van der Waals surface area contributed by atoms with Crippen LogP contribution in [0.2, 0.25) is 0 Å². The number of hydrogen-bond acceptors (Lipinski definition) is 3. The minimum atomic E-state index is 0. The molecular formula is C47H33IrN3O-2. The van der Waals surface area contributed by atoms with Gasteiger partial charge in [0.15, 0.2) is 0 Å². The molecule has 0 N–H and O–H groups in total. The third-order valence-electron chi connectivity index (χ3n) is 9.65. The first-order valence-corrected chi connectivity index (χ1v) is 17.2. The number of hydrogen-bond donors (Lipinski definition) is 0. The number of fused-ring (bicyclic) bond motifs is 8. The number of pyridine rings is 1. The minimum absolute atomic E-state index is 0. The summed E-state index contributed by atoms with van der Waals surface area (Å²) in [6.07, 6.45) is 1.87. The van der Waals surface area contributed by atoms with Crippen molar-refractivity contribution in [1.29, 1.82) is 0 Å². The summed E-state index contributed by atoms with van der Waals surface area (Å²) in [4.78, 5) is 9.46. The molecule has 7 aromatic carbocycles. The number of imidazole rings is 1. The fraction of sp³-hybridized carbons (Fsp3) is 0.0638. The van der Waals surface area contributed by atoms with Gasteiger partial charge >= 0.3 is 0 Å². The van der Waals surface area contributed by atoms with Gasteiger partial charge in [-0.1, -0.05) is 102 Å². The molecular weight excluding hydrogens is 815 g/mol. The number of furan rings is 1. The van der Waals surface area contributed by atoms with E-state index in [1.165, 1.54) is 32.8 Å². The molecule has 0 aliphatic carbocycles. The molecule has 0 aliphatic heterocycles. The van der Waals surface area contributed by atoms with Crippen LogP contribution in [0.3, 0.4) is 0 Å². The van der Waals surface area contributed by atoms with Gasteiger partial charge in [0.25, 0.3) is 0 Å². The van der Waals surface area contributed by atoms with E-state index in [9.17, 15) is 0 Å². The molecule has 4 nitrogen and oxygen atoms in total. The first-order chi connectivity index (χ1) is 25.0. The first kappa shape index (κ1) is 33.3. The Morgan fingerprint density at radius 2 is 1.35 bits per heavy atom. The molecule has 0 aliphatic rings. The molecule has 1 radical (unpaired) electrons. The van der Waals surface area contributed by atoms with E-state index in [1.54, 1.807) is 0 Å². The fourth-order valence-corrected chi connectivity index (χ4v) is 7.21. The van der Waals surface area contributed by atoms with Crippen LogP contribution in [-0.2, 0) is 20.1 Å². The van der Waals surface area contributed by atoms with E-state index in [-0.39, 0.29) is 20.1 Å². The molecule has 0 amide bonds. The van der Waals surface area contributed by atoms with Crippen LogP contribution in [0, 0.1) is 32.9 Å². The molecule has 0 saturated heterocycles. The Kier molecular flexibility index (Phi) is 8.76. The smallest absolute Gasteiger partial charge is 0.129 e. The predicted octanol–water partition coefficient (Wildman–Crippen LogP) is 12.2. The maximum Gasteiger partial charge on any atom is 0.129 e. The van der Waals surface area contributed by atoms with Crippen LogP contribution in [0.4, 0.5) is 0 Å². The van der Waals surface area contributed by atoms with Gasteiger partial charge < -0.3 is 14.0 Å². The molecule has 0 unspecified atom stereocenters. The van der Waals surface area contributed by atoms with Gasteiger partial charge in [0.1, 0.15) is 5.58 Å². The standard InChI is InChI=1S/C35H23N2O.C12H10N.Ir/c1-21-9-7-10-22(2)32(21)37-30-16-6-5-15-29(30)36-35(37)28-14-8-13-26-27-20-19-24-18-17-23-11-3-4-12-25(23)31(24)34(27)38-33(26)28;1-10-7-8-12(13-9-10)11-5-3-2-4-6-11;/h3-13,15-20H,1-2H3;2-5,7-9H,1H3;/q2*-1;. The summed E-state index contributed by atoms with van der Waals surface area (Å²) < 4.78 is 9.09. The molecule has 3 aromatic heterocycles. The third kappa shape index (κ3) is 5.69. The molecule has 0 saturated carbocycles. The maximum atomic E-state index is 6.82. The van der Waals surface area contributed by atoms with Crippen molar-refractivity contribution in [1.82, 2.24) is 14.5 Å². The van der Waals surface area contributed by atoms with Crippen molar-refractivity contribution < 1.29 is 24.5 Å². The molecule has 0 atom stereocenters. The number of benzene rings is 7. The van der Waals surface area contributed by atoms with E-state index < -0.39 is 0 Å². The molecule has 0 fully saturated rings. The van der Waals surface area contributed by atoms with Crippen LogP contribution >= 0.6 is 0 Å². The monoisotopic (exact) mass is 848 g/mol. The Hall–Kier alpha value is -5.87. The molecule has 52 heavy (non-hydrogen) atoms. The number of nitrogens with zero attached hydrogens (tertiary/aromatic N) is 3. The van der Waals surface area contributed by atoms with Gasteiger partial charge in [0.05, 0.1) is 22.4 Å². The number of para-hydroxylation sites is 3. The van der Waals surface area contributed by atoms with E-state index in [0.29, 0.717) is 0 Å². The van der Waals surface area contributed by atoms with Crippen molar-refractivity contribution in [2.45, 2.75) is 20.8 Å². The second-order valence-corrected chi connectivity index (χ2v) is 13.0. The fourth-order valence-electron chi connectivity index (χ4n) is 7.21. The van der Waals surface area contributed by atoms with Crippen molar-refractivity contribution in [3.8, 4) is 28.3 Å². The molecule has 5 heteroatoms. The van der Waals surface area contributed by atoms with Crippen LogP contribution < -0.4 is 0 Å². The van der Waals surface area contributed by atoms with Crippen molar-refractivity contribution in [3.63, 3.8) is 0 Å². The Morgan fingerprint density at radius 3 is 2.15 bits per heavy atom. The molecule has 10 aromatic rings. The summed E-state index contributed by atoms with van der Waals surface area (Å²) in [5.41, 5.74) is 11.3. The predicted molar refractivity (Wildman–Crippen MR) is 210 cm³/mol. The zero-order valence-electron chi connectivity index (χ0n) is 28.9. The summed E-state index contributed by atoms with van der Waals surface area (Å²) in [7, 11) is 0. The normalized spacial score (nSPS) is 11.2. The Morgan fingerprint density at radius 1 is 0.596 bits per heavy atom. The zero-order chi connectivity index (χ0) is 34.5. The van der Waals surface area contributed by atoms with Crippen LogP contribution in [0.5, 0.6) is 0 Å². The van der Waals surface area contributed by atoms with Gasteiger partial charge in [0.2, 0.25) is 0 Å². The first-order valence-electron chi connectivity index (χ1n) is 17.2. The van der Waals surface area contributed by atoms with Crippen molar-refractivity contribution in [2.75, 3.05) is 0 Å². The topological polar surface area (TPSA) is 43.9 Å². The van der Waals surface area contributed by atoms with E-state index in [0.717, 1.165) is 66.7 Å². The average molecular weight is 848 g/mol. The van der Waals surface area contributed by atoms with Crippen molar-refractivity contribution in [2.24, 2.45) is 0 Å². The van der Waals surface area contributed by atoms with Crippen molar-refractivity contribution in [3.05, 3.63) is 175 Å². The molecule has 3 heterocycles. The Balaban J connectivity index is 0.000000234. The second kappa shape index (κ2) is 13.7. The quantitative estimate of drug-likeness (QED) is 0.131. The van der Waals surface area contributed by atoms with Crippen LogP contribution in [0.15, 0.2) is 150 Å². The van der Waals surface area contributed by atoms with Gasteiger partial charge in [-0.2, -0.15) is 0 Å².